The molecule has 6 rings (SSSR count). The van der Waals surface area contributed by atoms with Crippen molar-refractivity contribution >= 4 is 40.3 Å². The Morgan fingerprint density at radius 1 is 0.523 bits per heavy atom. The normalized spacial score (nSPS) is 11.0. The standard InChI is InChI=1S/C40H38BN3/c1-27-21-29(3)39(30(4)22-27)41(40-31(5)23-28(2)24-32(40)6)34-17-19-36(20-18-34)44(35-15-11-8-12-16-35)38-26-42-25-37(43-38)33-13-9-7-10-14-33/h7-26H,1-6H3. The summed E-state index contributed by atoms with van der Waals surface area (Å²) in [5, 5.41) is 0. The van der Waals surface area contributed by atoms with Crippen molar-refractivity contribution in [1.29, 1.82) is 0 Å². The molecule has 216 valence electrons. The summed E-state index contributed by atoms with van der Waals surface area (Å²) < 4.78 is 0. The van der Waals surface area contributed by atoms with Gasteiger partial charge in [0.05, 0.1) is 18.1 Å². The number of hydrogen-bond acceptors (Lipinski definition) is 3. The average Bonchev–Trinajstić information content (AvgIpc) is 3.01. The van der Waals surface area contributed by atoms with Crippen LogP contribution in [0.3, 0.4) is 0 Å². The zero-order valence-electron chi connectivity index (χ0n) is 26.5. The Morgan fingerprint density at radius 3 is 1.52 bits per heavy atom. The predicted molar refractivity (Wildman–Crippen MR) is 188 cm³/mol. The van der Waals surface area contributed by atoms with Crippen LogP contribution < -0.4 is 21.3 Å². The Morgan fingerprint density at radius 2 is 1.00 bits per heavy atom. The van der Waals surface area contributed by atoms with Gasteiger partial charge in [0, 0.05) is 16.9 Å². The Bertz CT molecular complexity index is 1810. The van der Waals surface area contributed by atoms with Gasteiger partial charge in [-0.1, -0.05) is 135 Å². The van der Waals surface area contributed by atoms with Gasteiger partial charge in [0.15, 0.2) is 5.82 Å². The molecule has 0 unspecified atom stereocenters. The molecule has 0 aliphatic rings. The predicted octanol–water partition coefficient (Wildman–Crippen LogP) is 7.98. The SMILES string of the molecule is Cc1cc(C)c(B(c2ccc(N(c3ccccc3)c3cncc(-c4ccccc4)n3)cc2)c2c(C)cc(C)cc2C)c(C)c1. The minimum atomic E-state index is 0.122. The summed E-state index contributed by atoms with van der Waals surface area (Å²) in [5.74, 6) is 0.775. The number of para-hydroxylation sites is 1. The van der Waals surface area contributed by atoms with E-state index in [2.05, 4.69) is 136 Å². The topological polar surface area (TPSA) is 29.0 Å². The Hall–Kier alpha value is -4.96. The molecule has 0 spiro atoms. The lowest BCUT2D eigenvalue weighted by molar-refractivity contribution is 1.13. The molecule has 4 heteroatoms. The zero-order valence-corrected chi connectivity index (χ0v) is 26.5. The minimum Gasteiger partial charge on any atom is -0.294 e. The van der Waals surface area contributed by atoms with Crippen LogP contribution in [0.15, 0.2) is 122 Å². The van der Waals surface area contributed by atoms with Gasteiger partial charge in [0.2, 0.25) is 6.71 Å². The van der Waals surface area contributed by atoms with Gasteiger partial charge in [0.1, 0.15) is 0 Å². The van der Waals surface area contributed by atoms with Crippen LogP contribution in [-0.2, 0) is 0 Å². The van der Waals surface area contributed by atoms with Crippen molar-refractivity contribution in [1.82, 2.24) is 9.97 Å². The van der Waals surface area contributed by atoms with Crippen molar-refractivity contribution in [2.45, 2.75) is 41.5 Å². The summed E-state index contributed by atoms with van der Waals surface area (Å²) in [6.45, 7) is 13.5. The molecule has 0 atom stereocenters. The van der Waals surface area contributed by atoms with Gasteiger partial charge in [-0.05, 0) is 65.8 Å². The fourth-order valence-corrected chi connectivity index (χ4v) is 6.79. The van der Waals surface area contributed by atoms with E-state index in [4.69, 9.17) is 4.98 Å². The molecule has 0 fully saturated rings. The minimum absolute atomic E-state index is 0.122. The van der Waals surface area contributed by atoms with E-state index in [1.807, 2.05) is 36.7 Å². The molecule has 6 aromatic rings. The van der Waals surface area contributed by atoms with Gasteiger partial charge in [-0.15, -0.1) is 0 Å². The van der Waals surface area contributed by atoms with E-state index < -0.39 is 0 Å². The molecule has 0 radical (unpaired) electrons. The van der Waals surface area contributed by atoms with Crippen LogP contribution in [0.4, 0.5) is 17.2 Å². The smallest absolute Gasteiger partial charge is 0.242 e. The maximum absolute atomic E-state index is 5.08. The first kappa shape index (κ1) is 29.1. The summed E-state index contributed by atoms with van der Waals surface area (Å²) in [6, 6.07) is 38.9. The van der Waals surface area contributed by atoms with Crippen molar-refractivity contribution in [3.05, 3.63) is 155 Å². The number of hydrogen-bond donors (Lipinski definition) is 0. The van der Waals surface area contributed by atoms with Gasteiger partial charge >= 0.3 is 0 Å². The Kier molecular flexibility index (Phi) is 8.17. The molecular formula is C40H38BN3. The van der Waals surface area contributed by atoms with Crippen molar-refractivity contribution in [2.24, 2.45) is 0 Å². The monoisotopic (exact) mass is 571 g/mol. The first-order valence-corrected chi connectivity index (χ1v) is 15.3. The lowest BCUT2D eigenvalue weighted by Crippen LogP contribution is -2.55. The first-order valence-electron chi connectivity index (χ1n) is 15.3. The summed E-state index contributed by atoms with van der Waals surface area (Å²) in [5.41, 5.74) is 15.9. The summed E-state index contributed by atoms with van der Waals surface area (Å²) in [6.07, 6.45) is 3.67. The molecule has 44 heavy (non-hydrogen) atoms. The van der Waals surface area contributed by atoms with Gasteiger partial charge in [-0.25, -0.2) is 4.98 Å². The van der Waals surface area contributed by atoms with Crippen LogP contribution in [-0.4, -0.2) is 16.7 Å². The molecule has 3 nitrogen and oxygen atoms in total. The number of rotatable bonds is 7. The highest BCUT2D eigenvalue weighted by Gasteiger charge is 2.28. The van der Waals surface area contributed by atoms with Crippen molar-refractivity contribution in [2.75, 3.05) is 4.90 Å². The Balaban J connectivity index is 1.49. The average molecular weight is 572 g/mol. The number of benzene rings is 5. The largest absolute Gasteiger partial charge is 0.294 e. The highest BCUT2D eigenvalue weighted by Crippen LogP contribution is 2.33. The highest BCUT2D eigenvalue weighted by atomic mass is 15.2. The second-order valence-corrected chi connectivity index (χ2v) is 11.9. The zero-order chi connectivity index (χ0) is 30.8. The number of nitrogens with zero attached hydrogens (tertiary/aromatic N) is 3. The van der Waals surface area contributed by atoms with Gasteiger partial charge in [0.25, 0.3) is 0 Å². The quantitative estimate of drug-likeness (QED) is 0.182. The van der Waals surface area contributed by atoms with E-state index >= 15 is 0 Å². The maximum Gasteiger partial charge on any atom is 0.242 e. The summed E-state index contributed by atoms with van der Waals surface area (Å²) in [4.78, 5) is 11.9. The van der Waals surface area contributed by atoms with Gasteiger partial charge in [-0.3, -0.25) is 9.88 Å². The van der Waals surface area contributed by atoms with Crippen LogP contribution in [0.2, 0.25) is 0 Å². The maximum atomic E-state index is 5.08. The molecule has 5 aromatic carbocycles. The van der Waals surface area contributed by atoms with E-state index in [1.54, 1.807) is 0 Å². The molecule has 0 aliphatic carbocycles. The lowest BCUT2D eigenvalue weighted by atomic mass is 9.34. The number of aryl methyl sites for hydroxylation is 6. The van der Waals surface area contributed by atoms with Crippen LogP contribution in [0.5, 0.6) is 0 Å². The summed E-state index contributed by atoms with van der Waals surface area (Å²) >= 11 is 0. The van der Waals surface area contributed by atoms with E-state index in [9.17, 15) is 0 Å². The van der Waals surface area contributed by atoms with Crippen LogP contribution in [0.1, 0.15) is 33.4 Å². The number of anilines is 3. The van der Waals surface area contributed by atoms with Crippen LogP contribution >= 0.6 is 0 Å². The Labute approximate surface area is 262 Å². The molecular weight excluding hydrogens is 533 g/mol. The van der Waals surface area contributed by atoms with E-state index in [-0.39, 0.29) is 6.71 Å². The highest BCUT2D eigenvalue weighted by molar-refractivity contribution is 6.96. The third kappa shape index (κ3) is 5.81. The second-order valence-electron chi connectivity index (χ2n) is 11.9. The van der Waals surface area contributed by atoms with Crippen molar-refractivity contribution < 1.29 is 0 Å². The second kappa shape index (κ2) is 12.3. The third-order valence-electron chi connectivity index (χ3n) is 8.47. The fraction of sp³-hybridized carbons (Fsp3) is 0.150. The molecule has 0 saturated heterocycles. The molecule has 0 aliphatic heterocycles. The van der Waals surface area contributed by atoms with E-state index in [0.717, 1.165) is 28.5 Å². The van der Waals surface area contributed by atoms with Crippen LogP contribution in [0.25, 0.3) is 11.3 Å². The molecule has 0 amide bonds. The molecule has 0 N–H and O–H groups in total. The first-order chi connectivity index (χ1) is 21.3. The van der Waals surface area contributed by atoms with Crippen LogP contribution in [0, 0.1) is 41.5 Å². The summed E-state index contributed by atoms with van der Waals surface area (Å²) in [7, 11) is 0. The van der Waals surface area contributed by atoms with Gasteiger partial charge < -0.3 is 0 Å². The fourth-order valence-electron chi connectivity index (χ4n) is 6.79. The van der Waals surface area contributed by atoms with Crippen molar-refractivity contribution in [3.8, 4) is 11.3 Å². The molecule has 0 saturated carbocycles. The van der Waals surface area contributed by atoms with Gasteiger partial charge in [-0.2, -0.15) is 0 Å². The molecule has 1 heterocycles. The molecule has 0 bridgehead atoms. The van der Waals surface area contributed by atoms with E-state index in [1.165, 1.54) is 49.8 Å². The third-order valence-corrected chi connectivity index (χ3v) is 8.47. The molecule has 1 aromatic heterocycles. The van der Waals surface area contributed by atoms with E-state index in [0.29, 0.717) is 0 Å². The number of aromatic nitrogens is 2. The van der Waals surface area contributed by atoms with Crippen molar-refractivity contribution in [3.63, 3.8) is 0 Å². The lowest BCUT2D eigenvalue weighted by Gasteiger charge is -2.27.